The molecular formula is C17H20N2O3. The second-order valence-electron chi connectivity index (χ2n) is 6.73. The van der Waals surface area contributed by atoms with E-state index in [-0.39, 0.29) is 17.7 Å². The van der Waals surface area contributed by atoms with E-state index < -0.39 is 6.10 Å². The number of rotatable bonds is 2. The maximum absolute atomic E-state index is 12.5. The molecule has 3 aliphatic rings. The molecule has 2 N–H and O–H groups in total. The summed E-state index contributed by atoms with van der Waals surface area (Å²) in [5, 5.41) is 5.80. The normalized spacial score (nSPS) is 32.1. The van der Waals surface area contributed by atoms with Gasteiger partial charge in [-0.05, 0) is 56.2 Å². The highest BCUT2D eigenvalue weighted by atomic mass is 16.5. The van der Waals surface area contributed by atoms with Crippen LogP contribution < -0.4 is 15.4 Å². The summed E-state index contributed by atoms with van der Waals surface area (Å²) in [5.74, 6) is 2.06. The first kappa shape index (κ1) is 13.6. The molecule has 116 valence electrons. The first-order valence-electron chi connectivity index (χ1n) is 8.02. The van der Waals surface area contributed by atoms with Crippen LogP contribution in [-0.2, 0) is 9.59 Å². The van der Waals surface area contributed by atoms with E-state index in [1.54, 1.807) is 19.1 Å². The molecule has 2 amide bonds. The van der Waals surface area contributed by atoms with E-state index in [9.17, 15) is 9.59 Å². The van der Waals surface area contributed by atoms with Gasteiger partial charge in [-0.3, -0.25) is 9.59 Å². The summed E-state index contributed by atoms with van der Waals surface area (Å²) in [6.07, 6.45) is 4.23. The SMILES string of the molecule is C[C@@H]1Oc2ccc(NC(=O)[C@H]3C[C@H]4CC[C@H]3C4)cc2NC1=O. The molecule has 0 saturated heterocycles. The molecule has 4 rings (SSSR count). The lowest BCUT2D eigenvalue weighted by Gasteiger charge is -2.24. The van der Waals surface area contributed by atoms with Crippen molar-refractivity contribution in [2.75, 3.05) is 10.6 Å². The van der Waals surface area contributed by atoms with Gasteiger partial charge in [0.1, 0.15) is 5.75 Å². The summed E-state index contributed by atoms with van der Waals surface area (Å²) in [4.78, 5) is 24.1. The van der Waals surface area contributed by atoms with Crippen molar-refractivity contribution in [1.29, 1.82) is 0 Å². The van der Waals surface area contributed by atoms with Gasteiger partial charge in [0.2, 0.25) is 5.91 Å². The molecule has 1 aromatic carbocycles. The molecule has 1 aromatic rings. The summed E-state index contributed by atoms with van der Waals surface area (Å²) >= 11 is 0. The molecule has 4 atom stereocenters. The minimum Gasteiger partial charge on any atom is -0.479 e. The summed E-state index contributed by atoms with van der Waals surface area (Å²) in [5.41, 5.74) is 1.33. The Labute approximate surface area is 129 Å². The Morgan fingerprint density at radius 2 is 2.18 bits per heavy atom. The lowest BCUT2D eigenvalue weighted by atomic mass is 9.88. The van der Waals surface area contributed by atoms with Gasteiger partial charge < -0.3 is 15.4 Å². The van der Waals surface area contributed by atoms with Crippen molar-refractivity contribution in [3.63, 3.8) is 0 Å². The number of anilines is 2. The van der Waals surface area contributed by atoms with E-state index in [0.29, 0.717) is 23.0 Å². The van der Waals surface area contributed by atoms with Gasteiger partial charge in [-0.2, -0.15) is 0 Å². The van der Waals surface area contributed by atoms with Crippen molar-refractivity contribution >= 4 is 23.2 Å². The van der Waals surface area contributed by atoms with Gasteiger partial charge in [-0.15, -0.1) is 0 Å². The van der Waals surface area contributed by atoms with E-state index in [1.165, 1.54) is 19.3 Å². The third kappa shape index (κ3) is 2.25. The standard InChI is InChI=1S/C17H20N2O3/c1-9-16(20)19-14-8-12(4-5-15(14)22-9)18-17(21)13-7-10-2-3-11(13)6-10/h4-5,8-11,13H,2-3,6-7H2,1H3,(H,18,21)(H,19,20)/t9-,10-,11-,13-/m0/s1. The molecule has 2 bridgehead atoms. The van der Waals surface area contributed by atoms with Crippen molar-refractivity contribution in [3.05, 3.63) is 18.2 Å². The third-order valence-corrected chi connectivity index (χ3v) is 5.25. The Morgan fingerprint density at radius 3 is 2.91 bits per heavy atom. The number of carbonyl (C=O) groups excluding carboxylic acids is 2. The number of benzene rings is 1. The Bertz CT molecular complexity index is 643. The van der Waals surface area contributed by atoms with E-state index in [0.717, 1.165) is 12.3 Å². The van der Waals surface area contributed by atoms with Crippen LogP contribution in [0.2, 0.25) is 0 Å². The maximum Gasteiger partial charge on any atom is 0.265 e. The zero-order valence-electron chi connectivity index (χ0n) is 12.6. The number of ether oxygens (including phenoxy) is 1. The molecule has 22 heavy (non-hydrogen) atoms. The topological polar surface area (TPSA) is 67.4 Å². The third-order valence-electron chi connectivity index (χ3n) is 5.25. The molecule has 1 aliphatic heterocycles. The van der Waals surface area contributed by atoms with E-state index in [1.807, 2.05) is 6.07 Å². The first-order chi connectivity index (χ1) is 10.6. The molecule has 1 heterocycles. The lowest BCUT2D eigenvalue weighted by Crippen LogP contribution is -2.34. The van der Waals surface area contributed by atoms with Crippen molar-refractivity contribution in [1.82, 2.24) is 0 Å². The molecule has 0 unspecified atom stereocenters. The van der Waals surface area contributed by atoms with Gasteiger partial charge in [-0.25, -0.2) is 0 Å². The number of nitrogens with one attached hydrogen (secondary N) is 2. The van der Waals surface area contributed by atoms with Gasteiger partial charge in [0, 0.05) is 11.6 Å². The summed E-state index contributed by atoms with van der Waals surface area (Å²) in [6.45, 7) is 1.71. The number of fused-ring (bicyclic) bond motifs is 3. The number of amides is 2. The van der Waals surface area contributed by atoms with Crippen LogP contribution in [0.5, 0.6) is 5.75 Å². The minimum atomic E-state index is -0.484. The van der Waals surface area contributed by atoms with Crippen molar-refractivity contribution < 1.29 is 14.3 Å². The van der Waals surface area contributed by atoms with Gasteiger partial charge in [0.05, 0.1) is 5.69 Å². The van der Waals surface area contributed by atoms with Crippen LogP contribution in [0.15, 0.2) is 18.2 Å². The average Bonchev–Trinajstić information content (AvgIpc) is 3.11. The van der Waals surface area contributed by atoms with Crippen molar-refractivity contribution in [2.24, 2.45) is 17.8 Å². The average molecular weight is 300 g/mol. The smallest absolute Gasteiger partial charge is 0.265 e. The van der Waals surface area contributed by atoms with Crippen LogP contribution in [0.4, 0.5) is 11.4 Å². The van der Waals surface area contributed by atoms with Crippen molar-refractivity contribution in [3.8, 4) is 5.75 Å². The summed E-state index contributed by atoms with van der Waals surface area (Å²) in [6, 6.07) is 5.39. The first-order valence-corrected chi connectivity index (χ1v) is 8.02. The molecule has 0 spiro atoms. The highest BCUT2D eigenvalue weighted by Crippen LogP contribution is 2.48. The Kier molecular flexibility index (Phi) is 3.10. The summed E-state index contributed by atoms with van der Waals surface area (Å²) in [7, 11) is 0. The number of carbonyl (C=O) groups is 2. The predicted molar refractivity (Wildman–Crippen MR) is 82.7 cm³/mol. The van der Waals surface area contributed by atoms with E-state index in [2.05, 4.69) is 10.6 Å². The van der Waals surface area contributed by atoms with Crippen LogP contribution in [0, 0.1) is 17.8 Å². The van der Waals surface area contributed by atoms with Crippen LogP contribution in [0.3, 0.4) is 0 Å². The van der Waals surface area contributed by atoms with E-state index in [4.69, 9.17) is 4.74 Å². The highest BCUT2D eigenvalue weighted by molar-refractivity contribution is 5.99. The molecule has 2 aliphatic carbocycles. The van der Waals surface area contributed by atoms with Crippen LogP contribution in [-0.4, -0.2) is 17.9 Å². The summed E-state index contributed by atoms with van der Waals surface area (Å²) < 4.78 is 5.52. The Balaban J connectivity index is 1.48. The minimum absolute atomic E-state index is 0.114. The fourth-order valence-corrected chi connectivity index (χ4v) is 4.09. The zero-order chi connectivity index (χ0) is 15.3. The monoisotopic (exact) mass is 300 g/mol. The zero-order valence-corrected chi connectivity index (χ0v) is 12.6. The van der Waals surface area contributed by atoms with Gasteiger partial charge in [0.15, 0.2) is 6.10 Å². The van der Waals surface area contributed by atoms with Gasteiger partial charge >= 0.3 is 0 Å². The molecule has 5 nitrogen and oxygen atoms in total. The molecule has 2 fully saturated rings. The van der Waals surface area contributed by atoms with Gasteiger partial charge in [0.25, 0.3) is 5.91 Å². The van der Waals surface area contributed by atoms with Crippen LogP contribution >= 0.6 is 0 Å². The van der Waals surface area contributed by atoms with E-state index >= 15 is 0 Å². The molecular weight excluding hydrogens is 280 g/mol. The van der Waals surface area contributed by atoms with Crippen molar-refractivity contribution in [2.45, 2.75) is 38.7 Å². The largest absolute Gasteiger partial charge is 0.479 e. The van der Waals surface area contributed by atoms with Gasteiger partial charge in [-0.1, -0.05) is 6.42 Å². The Hall–Kier alpha value is -2.04. The quantitative estimate of drug-likeness (QED) is 0.882. The molecule has 0 radical (unpaired) electrons. The highest BCUT2D eigenvalue weighted by Gasteiger charge is 2.43. The second kappa shape index (κ2) is 5.00. The molecule has 2 saturated carbocycles. The Morgan fingerprint density at radius 1 is 1.32 bits per heavy atom. The second-order valence-corrected chi connectivity index (χ2v) is 6.73. The maximum atomic E-state index is 12.5. The fourth-order valence-electron chi connectivity index (χ4n) is 4.09. The molecule has 0 aromatic heterocycles. The fraction of sp³-hybridized carbons (Fsp3) is 0.529. The lowest BCUT2D eigenvalue weighted by molar-refractivity contribution is -0.123. The molecule has 5 heteroatoms. The predicted octanol–water partition coefficient (Wildman–Crippen LogP) is 2.78. The number of hydrogen-bond acceptors (Lipinski definition) is 3. The van der Waals surface area contributed by atoms with Crippen LogP contribution in [0.1, 0.15) is 32.6 Å². The van der Waals surface area contributed by atoms with Crippen LogP contribution in [0.25, 0.3) is 0 Å². The number of hydrogen-bond donors (Lipinski definition) is 2.